The number of aromatic nitrogens is 1. The first-order valence-electron chi connectivity index (χ1n) is 7.07. The molecule has 0 aliphatic heterocycles. The van der Waals surface area contributed by atoms with Gasteiger partial charge in [0, 0.05) is 11.6 Å². The Morgan fingerprint density at radius 3 is 2.41 bits per heavy atom. The molecule has 2 rings (SSSR count). The van der Waals surface area contributed by atoms with Gasteiger partial charge in [-0.15, -0.1) is 0 Å². The summed E-state index contributed by atoms with van der Waals surface area (Å²) in [6.07, 6.45) is 3.44. The second-order valence-corrected chi connectivity index (χ2v) is 4.32. The van der Waals surface area contributed by atoms with E-state index in [0.717, 1.165) is 17.8 Å². The lowest BCUT2D eigenvalue weighted by Gasteiger charge is -2.06. The molecule has 22 heavy (non-hydrogen) atoms. The van der Waals surface area contributed by atoms with Gasteiger partial charge in [0.2, 0.25) is 0 Å². The summed E-state index contributed by atoms with van der Waals surface area (Å²) in [5, 5.41) is 2.70. The minimum absolute atomic E-state index is 0. The predicted octanol–water partition coefficient (Wildman–Crippen LogP) is 3.99. The number of nitrogens with zero attached hydrogens (tertiary/aromatic N) is 1. The summed E-state index contributed by atoms with van der Waals surface area (Å²) >= 11 is 0. The summed E-state index contributed by atoms with van der Waals surface area (Å²) in [5.41, 5.74) is 2.96. The summed E-state index contributed by atoms with van der Waals surface area (Å²) in [4.78, 5) is 11.3. The average molecular weight is 302 g/mol. The fourth-order valence-electron chi connectivity index (χ4n) is 1.79. The van der Waals surface area contributed by atoms with Crippen LogP contribution in [0.2, 0.25) is 0 Å². The van der Waals surface area contributed by atoms with E-state index >= 15 is 0 Å². The highest BCUT2D eigenvalue weighted by Crippen LogP contribution is 2.11. The third kappa shape index (κ3) is 5.95. The van der Waals surface area contributed by atoms with Crippen LogP contribution in [0.1, 0.15) is 25.0 Å². The van der Waals surface area contributed by atoms with Gasteiger partial charge in [0.25, 0.3) is 0 Å². The molecule has 1 aromatic heterocycles. The maximum absolute atomic E-state index is 11.3. The van der Waals surface area contributed by atoms with Crippen molar-refractivity contribution in [2.75, 3.05) is 12.4 Å². The number of amides is 1. The molecule has 0 radical (unpaired) electrons. The number of rotatable bonds is 3. The van der Waals surface area contributed by atoms with Gasteiger partial charge in [-0.1, -0.05) is 44.2 Å². The van der Waals surface area contributed by atoms with Gasteiger partial charge in [0.1, 0.15) is 5.69 Å². The smallest absolute Gasteiger partial charge is 0.411 e. The quantitative estimate of drug-likeness (QED) is 0.688. The van der Waals surface area contributed by atoms with Crippen LogP contribution in [-0.4, -0.2) is 13.2 Å². The van der Waals surface area contributed by atoms with Crippen LogP contribution in [0.25, 0.3) is 0 Å². The van der Waals surface area contributed by atoms with Gasteiger partial charge in [-0.25, -0.2) is 4.79 Å². The van der Waals surface area contributed by atoms with Gasteiger partial charge >= 0.3 is 6.09 Å². The number of carbonyl (C=O) groups is 1. The third-order valence-corrected chi connectivity index (χ3v) is 2.87. The molecular weight excluding hydrogens is 276 g/mol. The minimum Gasteiger partial charge on any atom is -0.453 e. The molecule has 4 heteroatoms. The van der Waals surface area contributed by atoms with E-state index in [4.69, 9.17) is 0 Å². The molecule has 1 amide bonds. The maximum atomic E-state index is 11.3. The Hall–Kier alpha value is -2.36. The van der Waals surface area contributed by atoms with Crippen molar-refractivity contribution in [2.24, 2.45) is 0 Å². The summed E-state index contributed by atoms with van der Waals surface area (Å²) < 4.78 is 6.63. The largest absolute Gasteiger partial charge is 0.453 e. The van der Waals surface area contributed by atoms with Crippen molar-refractivity contribution >= 4 is 11.8 Å². The number of nitrogens with one attached hydrogen (secondary N) is 1. The van der Waals surface area contributed by atoms with Crippen molar-refractivity contribution in [3.63, 3.8) is 0 Å². The number of carbonyl (C=O) groups excluding carboxylic acids is 1. The molecule has 0 unspecified atom stereocenters. The Bertz CT molecular complexity index is 569. The Morgan fingerprint density at radius 1 is 1.18 bits per heavy atom. The first kappa shape index (κ1) is 19.6. The van der Waals surface area contributed by atoms with E-state index in [1.54, 1.807) is 0 Å². The van der Waals surface area contributed by atoms with Crippen molar-refractivity contribution in [3.05, 3.63) is 67.3 Å². The number of pyridine rings is 1. The highest BCUT2D eigenvalue weighted by Gasteiger charge is 2.10. The lowest BCUT2D eigenvalue weighted by molar-refractivity contribution is -0.687. The number of hydrogen-bond acceptors (Lipinski definition) is 2. The predicted molar refractivity (Wildman–Crippen MR) is 90.7 cm³/mol. The maximum Gasteiger partial charge on any atom is 0.411 e. The van der Waals surface area contributed by atoms with Gasteiger partial charge in [-0.2, -0.15) is 4.57 Å². The van der Waals surface area contributed by atoms with Crippen LogP contribution in [-0.2, 0) is 11.3 Å². The topological polar surface area (TPSA) is 42.2 Å². The van der Waals surface area contributed by atoms with Crippen molar-refractivity contribution in [3.8, 4) is 0 Å². The van der Waals surface area contributed by atoms with E-state index in [0.29, 0.717) is 0 Å². The zero-order chi connectivity index (χ0) is 15.7. The Balaban J connectivity index is 0.00000141. The molecule has 120 valence electrons. The first-order chi connectivity index (χ1) is 10.2. The first-order valence-corrected chi connectivity index (χ1v) is 7.07. The van der Waals surface area contributed by atoms with Crippen molar-refractivity contribution in [1.82, 2.24) is 0 Å². The normalized spacial score (nSPS) is 8.91. The van der Waals surface area contributed by atoms with Crippen LogP contribution in [0.4, 0.5) is 10.5 Å². The van der Waals surface area contributed by atoms with Crippen LogP contribution < -0.4 is 9.88 Å². The van der Waals surface area contributed by atoms with Crippen LogP contribution in [0.3, 0.4) is 0 Å². The van der Waals surface area contributed by atoms with Gasteiger partial charge in [0.05, 0.1) is 7.11 Å². The molecule has 1 N–H and O–H groups in total. The Kier molecular flexibility index (Phi) is 9.27. The van der Waals surface area contributed by atoms with Crippen molar-refractivity contribution in [1.29, 1.82) is 0 Å². The van der Waals surface area contributed by atoms with Gasteiger partial charge < -0.3 is 12.2 Å². The highest BCUT2D eigenvalue weighted by atomic mass is 16.5. The average Bonchev–Trinajstić information content (AvgIpc) is 2.53. The Labute approximate surface area is 133 Å². The second-order valence-electron chi connectivity index (χ2n) is 4.32. The molecule has 0 spiro atoms. The molecule has 0 atom stereocenters. The molecule has 0 bridgehead atoms. The molecule has 0 fully saturated rings. The SMILES string of the molecule is CC.COC(=O)Nc1c[n+](Cc2ccccc2)ccc1C.[CH3-]. The van der Waals surface area contributed by atoms with E-state index < -0.39 is 6.09 Å². The molecule has 0 aliphatic rings. The molecule has 0 aliphatic carbocycles. The van der Waals surface area contributed by atoms with Crippen LogP contribution >= 0.6 is 0 Å². The number of ether oxygens (including phenoxy) is 1. The lowest BCUT2D eigenvalue weighted by atomic mass is 10.2. The van der Waals surface area contributed by atoms with Crippen LogP contribution in [0.5, 0.6) is 0 Å². The van der Waals surface area contributed by atoms with E-state index in [1.165, 1.54) is 12.7 Å². The summed E-state index contributed by atoms with van der Waals surface area (Å²) in [7, 11) is 1.35. The van der Waals surface area contributed by atoms with Crippen molar-refractivity contribution < 1.29 is 14.1 Å². The van der Waals surface area contributed by atoms with E-state index in [2.05, 4.69) is 22.2 Å². The fourth-order valence-corrected chi connectivity index (χ4v) is 1.79. The number of benzene rings is 1. The fraction of sp³-hybridized carbons (Fsp3) is 0.278. The standard InChI is InChI=1S/C15H16N2O2.C2H6.CH3/c1-12-8-9-17(10-13-6-4-3-5-7-13)11-14(12)16-15(18)19-2;1-2;/h3-9,11H,10H2,1-2H3;1-2H3;1H3/q;;-1/p+1. The van der Waals surface area contributed by atoms with E-state index in [9.17, 15) is 4.79 Å². The summed E-state index contributed by atoms with van der Waals surface area (Å²) in [5.74, 6) is 0. The second kappa shape index (κ2) is 10.4. The van der Waals surface area contributed by atoms with Crippen molar-refractivity contribution in [2.45, 2.75) is 27.3 Å². The number of methoxy groups -OCH3 is 1. The molecular formula is C18H26N2O2. The van der Waals surface area contributed by atoms with Gasteiger partial charge in [0.15, 0.2) is 18.9 Å². The minimum atomic E-state index is -0.458. The number of anilines is 1. The summed E-state index contributed by atoms with van der Waals surface area (Å²) in [6.45, 7) is 6.70. The Morgan fingerprint density at radius 2 is 1.82 bits per heavy atom. The molecule has 0 saturated carbocycles. The van der Waals surface area contributed by atoms with Gasteiger partial charge in [-0.05, 0) is 12.5 Å². The molecule has 1 aromatic carbocycles. The summed E-state index contributed by atoms with van der Waals surface area (Å²) in [6, 6.07) is 12.1. The highest BCUT2D eigenvalue weighted by molar-refractivity contribution is 5.84. The number of aryl methyl sites for hydroxylation is 1. The zero-order valence-electron chi connectivity index (χ0n) is 14.1. The van der Waals surface area contributed by atoms with E-state index in [1.807, 2.05) is 62.0 Å². The molecule has 4 nitrogen and oxygen atoms in total. The number of hydrogen-bond donors (Lipinski definition) is 1. The zero-order valence-corrected chi connectivity index (χ0v) is 14.1. The lowest BCUT2D eigenvalue weighted by Crippen LogP contribution is -2.34. The van der Waals surface area contributed by atoms with E-state index in [-0.39, 0.29) is 7.43 Å². The van der Waals surface area contributed by atoms with Crippen LogP contribution in [0, 0.1) is 14.4 Å². The molecule has 0 saturated heterocycles. The third-order valence-electron chi connectivity index (χ3n) is 2.87. The van der Waals surface area contributed by atoms with Gasteiger partial charge in [-0.3, -0.25) is 5.32 Å². The van der Waals surface area contributed by atoms with Crippen LogP contribution in [0.15, 0.2) is 48.8 Å². The molecule has 2 aromatic rings. The monoisotopic (exact) mass is 302 g/mol. The molecule has 1 heterocycles.